The van der Waals surface area contributed by atoms with Crippen LogP contribution < -0.4 is 5.43 Å². The van der Waals surface area contributed by atoms with Gasteiger partial charge in [0.15, 0.2) is 0 Å². The van der Waals surface area contributed by atoms with E-state index in [0.717, 1.165) is 29.7 Å². The summed E-state index contributed by atoms with van der Waals surface area (Å²) in [4.78, 5) is 12.1. The van der Waals surface area contributed by atoms with Gasteiger partial charge in [-0.05, 0) is 43.0 Å². The average molecular weight is 294 g/mol. The Labute approximate surface area is 132 Å². The summed E-state index contributed by atoms with van der Waals surface area (Å²) in [6, 6.07) is 15.8. The predicted octanol–water partition coefficient (Wildman–Crippen LogP) is 4.10. The van der Waals surface area contributed by atoms with Crippen LogP contribution in [0.2, 0.25) is 0 Å². The molecule has 2 aromatic rings. The standard InChI is InChI=1S/C19H22N2O/c1-4-7-16-10-12-17(13-11-16)15(3)20-21-19(22)18-9-6-5-8-14(18)2/h5-6,8-13H,4,7H2,1-3H3,(H,21,22). The van der Waals surface area contributed by atoms with Crippen LogP contribution in [-0.2, 0) is 6.42 Å². The fourth-order valence-electron chi connectivity index (χ4n) is 2.29. The molecule has 3 nitrogen and oxygen atoms in total. The maximum atomic E-state index is 12.1. The van der Waals surface area contributed by atoms with Crippen LogP contribution in [0.5, 0.6) is 0 Å². The Morgan fingerprint density at radius 2 is 1.77 bits per heavy atom. The van der Waals surface area contributed by atoms with E-state index in [1.807, 2.05) is 44.2 Å². The van der Waals surface area contributed by atoms with Gasteiger partial charge in [-0.1, -0.05) is 55.8 Å². The molecule has 22 heavy (non-hydrogen) atoms. The summed E-state index contributed by atoms with van der Waals surface area (Å²) in [5.41, 5.74) is 7.36. The molecule has 114 valence electrons. The number of carbonyl (C=O) groups excluding carboxylic acids is 1. The minimum atomic E-state index is -0.181. The molecule has 1 N–H and O–H groups in total. The van der Waals surface area contributed by atoms with Gasteiger partial charge in [-0.15, -0.1) is 0 Å². The van der Waals surface area contributed by atoms with E-state index in [4.69, 9.17) is 0 Å². The van der Waals surface area contributed by atoms with E-state index < -0.39 is 0 Å². The summed E-state index contributed by atoms with van der Waals surface area (Å²) in [6.45, 7) is 5.98. The molecule has 0 aliphatic carbocycles. The maximum absolute atomic E-state index is 12.1. The highest BCUT2D eigenvalue weighted by Gasteiger charge is 2.07. The van der Waals surface area contributed by atoms with E-state index in [1.54, 1.807) is 6.07 Å². The minimum Gasteiger partial charge on any atom is -0.267 e. The lowest BCUT2D eigenvalue weighted by Gasteiger charge is -2.06. The number of hydrazone groups is 1. The van der Waals surface area contributed by atoms with Crippen LogP contribution in [0.25, 0.3) is 0 Å². The van der Waals surface area contributed by atoms with Gasteiger partial charge in [0, 0.05) is 5.56 Å². The molecule has 0 fully saturated rings. The molecule has 0 radical (unpaired) electrons. The second kappa shape index (κ2) is 7.55. The minimum absolute atomic E-state index is 0.181. The van der Waals surface area contributed by atoms with E-state index in [-0.39, 0.29) is 5.91 Å². The molecule has 0 spiro atoms. The van der Waals surface area contributed by atoms with Gasteiger partial charge in [-0.2, -0.15) is 5.10 Å². The smallest absolute Gasteiger partial charge is 0.267 e. The van der Waals surface area contributed by atoms with Crippen LogP contribution in [0.15, 0.2) is 53.6 Å². The maximum Gasteiger partial charge on any atom is 0.271 e. The van der Waals surface area contributed by atoms with Crippen LogP contribution >= 0.6 is 0 Å². The summed E-state index contributed by atoms with van der Waals surface area (Å²) in [5.74, 6) is -0.181. The molecule has 0 aliphatic heterocycles. The quantitative estimate of drug-likeness (QED) is 0.654. The molecule has 0 saturated carbocycles. The number of hydrogen-bond donors (Lipinski definition) is 1. The third-order valence-corrected chi connectivity index (χ3v) is 3.63. The second-order valence-electron chi connectivity index (χ2n) is 5.40. The Hall–Kier alpha value is -2.42. The highest BCUT2D eigenvalue weighted by Crippen LogP contribution is 2.09. The molecule has 2 aromatic carbocycles. The van der Waals surface area contributed by atoms with E-state index in [2.05, 4.69) is 29.6 Å². The molecule has 0 aliphatic rings. The lowest BCUT2D eigenvalue weighted by atomic mass is 10.1. The molecule has 0 heterocycles. The summed E-state index contributed by atoms with van der Waals surface area (Å²) in [6.07, 6.45) is 2.22. The zero-order chi connectivity index (χ0) is 15.9. The first kappa shape index (κ1) is 16.0. The first-order valence-electron chi connectivity index (χ1n) is 7.61. The topological polar surface area (TPSA) is 41.5 Å². The van der Waals surface area contributed by atoms with Gasteiger partial charge in [0.2, 0.25) is 0 Å². The SMILES string of the molecule is CCCc1ccc(C(C)=NNC(=O)c2ccccc2C)cc1. The summed E-state index contributed by atoms with van der Waals surface area (Å²) in [5, 5.41) is 4.20. The molecule has 0 atom stereocenters. The highest BCUT2D eigenvalue weighted by molar-refractivity contribution is 6.01. The van der Waals surface area contributed by atoms with Crippen molar-refractivity contribution in [2.75, 3.05) is 0 Å². The zero-order valence-electron chi connectivity index (χ0n) is 13.4. The molecule has 0 saturated heterocycles. The van der Waals surface area contributed by atoms with Crippen molar-refractivity contribution in [3.05, 3.63) is 70.8 Å². The van der Waals surface area contributed by atoms with Crippen molar-refractivity contribution in [1.29, 1.82) is 0 Å². The van der Waals surface area contributed by atoms with Crippen molar-refractivity contribution in [3.8, 4) is 0 Å². The number of carbonyl (C=O) groups is 1. The summed E-state index contributed by atoms with van der Waals surface area (Å²) < 4.78 is 0. The largest absolute Gasteiger partial charge is 0.271 e. The van der Waals surface area contributed by atoms with Crippen molar-refractivity contribution < 1.29 is 4.79 Å². The van der Waals surface area contributed by atoms with Crippen LogP contribution in [0.4, 0.5) is 0 Å². The van der Waals surface area contributed by atoms with Gasteiger partial charge >= 0.3 is 0 Å². The van der Waals surface area contributed by atoms with E-state index in [0.29, 0.717) is 5.56 Å². The van der Waals surface area contributed by atoms with Gasteiger partial charge in [-0.3, -0.25) is 4.79 Å². The Bertz CT molecular complexity index is 672. The van der Waals surface area contributed by atoms with Gasteiger partial charge < -0.3 is 0 Å². The number of rotatable bonds is 5. The van der Waals surface area contributed by atoms with Crippen molar-refractivity contribution in [3.63, 3.8) is 0 Å². The highest BCUT2D eigenvalue weighted by atomic mass is 16.2. The van der Waals surface area contributed by atoms with Gasteiger partial charge in [0.05, 0.1) is 5.71 Å². The van der Waals surface area contributed by atoms with Gasteiger partial charge in [0.1, 0.15) is 0 Å². The van der Waals surface area contributed by atoms with Gasteiger partial charge in [-0.25, -0.2) is 5.43 Å². The fraction of sp³-hybridized carbons (Fsp3) is 0.263. The van der Waals surface area contributed by atoms with Crippen molar-refractivity contribution in [2.45, 2.75) is 33.6 Å². The van der Waals surface area contributed by atoms with Crippen molar-refractivity contribution >= 4 is 11.6 Å². The summed E-state index contributed by atoms with van der Waals surface area (Å²) in [7, 11) is 0. The van der Waals surface area contributed by atoms with Crippen LogP contribution in [0.3, 0.4) is 0 Å². The molecular formula is C19H22N2O. The first-order chi connectivity index (χ1) is 10.6. The van der Waals surface area contributed by atoms with Crippen LogP contribution in [0.1, 0.15) is 47.3 Å². The van der Waals surface area contributed by atoms with Crippen molar-refractivity contribution in [1.82, 2.24) is 5.43 Å². The second-order valence-corrected chi connectivity index (χ2v) is 5.40. The van der Waals surface area contributed by atoms with E-state index >= 15 is 0 Å². The number of nitrogens with zero attached hydrogens (tertiary/aromatic N) is 1. The first-order valence-corrected chi connectivity index (χ1v) is 7.61. The molecular weight excluding hydrogens is 272 g/mol. The number of nitrogens with one attached hydrogen (secondary N) is 1. The molecule has 3 heteroatoms. The van der Waals surface area contributed by atoms with E-state index in [1.165, 1.54) is 5.56 Å². The fourth-order valence-corrected chi connectivity index (χ4v) is 2.29. The van der Waals surface area contributed by atoms with E-state index in [9.17, 15) is 4.79 Å². The zero-order valence-corrected chi connectivity index (χ0v) is 13.4. The number of benzene rings is 2. The predicted molar refractivity (Wildman–Crippen MR) is 91.3 cm³/mol. The third-order valence-electron chi connectivity index (χ3n) is 3.63. The molecule has 0 bridgehead atoms. The Morgan fingerprint density at radius 1 is 1.09 bits per heavy atom. The lowest BCUT2D eigenvalue weighted by molar-refractivity contribution is 0.0954. The normalized spacial score (nSPS) is 11.3. The van der Waals surface area contributed by atoms with Crippen LogP contribution in [0, 0.1) is 6.92 Å². The van der Waals surface area contributed by atoms with Crippen LogP contribution in [-0.4, -0.2) is 11.6 Å². The molecule has 0 aromatic heterocycles. The number of aryl methyl sites for hydroxylation is 2. The lowest BCUT2D eigenvalue weighted by Crippen LogP contribution is -2.20. The molecule has 2 rings (SSSR count). The Balaban J connectivity index is 2.06. The van der Waals surface area contributed by atoms with Crippen molar-refractivity contribution in [2.24, 2.45) is 5.10 Å². The number of amides is 1. The average Bonchev–Trinajstić information content (AvgIpc) is 2.54. The third kappa shape index (κ3) is 4.04. The summed E-state index contributed by atoms with van der Waals surface area (Å²) >= 11 is 0. The number of hydrogen-bond acceptors (Lipinski definition) is 2. The Kier molecular flexibility index (Phi) is 5.48. The molecule has 1 amide bonds. The molecule has 0 unspecified atom stereocenters. The Morgan fingerprint density at radius 3 is 2.41 bits per heavy atom. The monoisotopic (exact) mass is 294 g/mol. The van der Waals surface area contributed by atoms with Gasteiger partial charge in [0.25, 0.3) is 5.91 Å².